The summed E-state index contributed by atoms with van der Waals surface area (Å²) in [7, 11) is 1.86. The van der Waals surface area contributed by atoms with Gasteiger partial charge in [0.25, 0.3) is 5.91 Å². The van der Waals surface area contributed by atoms with Gasteiger partial charge in [-0.25, -0.2) is 9.37 Å². The maximum atomic E-state index is 15.6. The van der Waals surface area contributed by atoms with Crippen LogP contribution in [0.25, 0.3) is 22.5 Å². The van der Waals surface area contributed by atoms with Gasteiger partial charge in [-0.05, 0) is 78.8 Å². The predicted octanol–water partition coefficient (Wildman–Crippen LogP) is 4.96. The zero-order valence-corrected chi connectivity index (χ0v) is 23.8. The highest BCUT2D eigenvalue weighted by molar-refractivity contribution is 6.10. The number of amides is 1. The van der Waals surface area contributed by atoms with Crippen LogP contribution >= 0.6 is 0 Å². The highest BCUT2D eigenvalue weighted by Crippen LogP contribution is 2.43. The van der Waals surface area contributed by atoms with Crippen LogP contribution in [-0.4, -0.2) is 55.9 Å². The van der Waals surface area contributed by atoms with Crippen LogP contribution in [0.3, 0.4) is 0 Å². The molecule has 2 aromatic heterocycles. The number of aryl methyl sites for hydroxylation is 1. The van der Waals surface area contributed by atoms with Gasteiger partial charge >= 0.3 is 0 Å². The van der Waals surface area contributed by atoms with Gasteiger partial charge in [0.15, 0.2) is 5.82 Å². The summed E-state index contributed by atoms with van der Waals surface area (Å²) in [5, 5.41) is 17.9. The van der Waals surface area contributed by atoms with E-state index in [2.05, 4.69) is 27.2 Å². The highest BCUT2D eigenvalue weighted by Gasteiger charge is 2.39. The third kappa shape index (κ3) is 4.51. The van der Waals surface area contributed by atoms with Gasteiger partial charge in [-0.1, -0.05) is 6.07 Å². The van der Waals surface area contributed by atoms with E-state index in [0.717, 1.165) is 66.8 Å². The number of ether oxygens (including phenoxy) is 1. The van der Waals surface area contributed by atoms with Crippen molar-refractivity contribution in [2.24, 2.45) is 7.05 Å². The lowest BCUT2D eigenvalue weighted by atomic mass is 9.96. The first-order valence-electron chi connectivity index (χ1n) is 14.9. The van der Waals surface area contributed by atoms with E-state index in [0.29, 0.717) is 46.8 Å². The molecule has 4 aliphatic rings. The Morgan fingerprint density at radius 2 is 1.95 bits per heavy atom. The smallest absolute Gasteiger partial charge is 0.260 e. The molecule has 1 amide bonds. The van der Waals surface area contributed by atoms with E-state index in [1.807, 2.05) is 35.9 Å². The Hall–Kier alpha value is -4.46. The van der Waals surface area contributed by atoms with Gasteiger partial charge in [0, 0.05) is 61.1 Å². The van der Waals surface area contributed by atoms with E-state index >= 15 is 4.39 Å². The van der Waals surface area contributed by atoms with Crippen LogP contribution in [0, 0.1) is 17.1 Å². The second-order valence-electron chi connectivity index (χ2n) is 12.1. The van der Waals surface area contributed by atoms with Gasteiger partial charge in [0.1, 0.15) is 18.0 Å². The monoisotopic (exact) mass is 575 g/mol. The largest absolute Gasteiger partial charge is 0.376 e. The SMILES string of the molecule is Cn1cnnc1-c1cc(C#N)ccc1-c1cc(C2CC2)nc(N2Cc3c(F)cc(CN4CCC5OCC[C@H]54)cc3C2=O)c1. The number of anilines is 1. The van der Waals surface area contributed by atoms with E-state index in [1.165, 1.54) is 0 Å². The molecule has 43 heavy (non-hydrogen) atoms. The second kappa shape index (κ2) is 10.1. The molecule has 3 aliphatic heterocycles. The third-order valence-corrected chi connectivity index (χ3v) is 9.29. The molecule has 0 radical (unpaired) electrons. The Labute approximate surface area is 248 Å². The Bertz CT molecular complexity index is 1820. The summed E-state index contributed by atoms with van der Waals surface area (Å²) in [4.78, 5) is 22.8. The molecule has 8 rings (SSSR count). The highest BCUT2D eigenvalue weighted by atomic mass is 19.1. The Morgan fingerprint density at radius 1 is 1.07 bits per heavy atom. The van der Waals surface area contributed by atoms with E-state index in [-0.39, 0.29) is 24.4 Å². The number of rotatable bonds is 6. The lowest BCUT2D eigenvalue weighted by Crippen LogP contribution is -2.31. The first-order valence-corrected chi connectivity index (χ1v) is 14.9. The van der Waals surface area contributed by atoms with Gasteiger partial charge in [-0.15, -0.1) is 10.2 Å². The molecule has 3 fully saturated rings. The molecule has 5 heterocycles. The first kappa shape index (κ1) is 26.2. The first-order chi connectivity index (χ1) is 21.0. The number of benzene rings is 2. The number of nitriles is 1. The predicted molar refractivity (Wildman–Crippen MR) is 156 cm³/mol. The Kier molecular flexibility index (Phi) is 6.13. The number of nitrogens with zero attached hydrogens (tertiary/aromatic N) is 7. The number of carbonyl (C=O) groups excluding carboxylic acids is 1. The summed E-state index contributed by atoms with van der Waals surface area (Å²) in [6.45, 7) is 2.42. The van der Waals surface area contributed by atoms with Crippen molar-refractivity contribution >= 4 is 11.7 Å². The molecular weight excluding hydrogens is 545 g/mol. The minimum absolute atomic E-state index is 0.132. The van der Waals surface area contributed by atoms with Crippen molar-refractivity contribution in [2.45, 2.75) is 56.8 Å². The van der Waals surface area contributed by atoms with Crippen molar-refractivity contribution in [3.05, 3.63) is 82.6 Å². The maximum Gasteiger partial charge on any atom is 0.260 e. The summed E-state index contributed by atoms with van der Waals surface area (Å²) in [6, 6.07) is 15.5. The van der Waals surface area contributed by atoms with Gasteiger partial charge in [0.05, 0.1) is 24.3 Å². The standard InChI is InChI=1S/C33H30FN7O2/c1-39-18-36-38-32(39)24-10-19(15-35)2-5-23(24)22-13-28(21-3-4-21)37-31(14-22)41-17-26-25(33(41)42)11-20(12-27(26)34)16-40-8-6-30-29(40)7-9-43-30/h2,5,10-14,18,21,29-30H,3-4,6-9,16-17H2,1H3/t29-,30?/m1/s1. The third-order valence-electron chi connectivity index (χ3n) is 9.29. The molecule has 10 heteroatoms. The van der Waals surface area contributed by atoms with Crippen molar-refractivity contribution in [1.82, 2.24) is 24.6 Å². The van der Waals surface area contributed by atoms with Crippen LogP contribution in [0.2, 0.25) is 0 Å². The van der Waals surface area contributed by atoms with Crippen LogP contribution in [0.4, 0.5) is 10.2 Å². The number of pyridine rings is 1. The summed E-state index contributed by atoms with van der Waals surface area (Å²) in [5.41, 5.74) is 5.54. The molecule has 0 spiro atoms. The zero-order chi connectivity index (χ0) is 29.2. The number of hydrogen-bond acceptors (Lipinski definition) is 7. The summed E-state index contributed by atoms with van der Waals surface area (Å²) >= 11 is 0. The topological polar surface area (TPSA) is 100 Å². The lowest BCUT2D eigenvalue weighted by molar-refractivity contribution is 0.0995. The van der Waals surface area contributed by atoms with Crippen LogP contribution in [-0.2, 0) is 24.9 Å². The van der Waals surface area contributed by atoms with Gasteiger partial charge in [0.2, 0.25) is 0 Å². The van der Waals surface area contributed by atoms with Gasteiger partial charge in [-0.2, -0.15) is 5.26 Å². The van der Waals surface area contributed by atoms with Crippen LogP contribution in [0.1, 0.15) is 64.3 Å². The average Bonchev–Trinajstić information content (AvgIpc) is 3.26. The molecule has 2 saturated heterocycles. The van der Waals surface area contributed by atoms with Gasteiger partial charge in [-0.3, -0.25) is 14.6 Å². The molecule has 2 atom stereocenters. The Morgan fingerprint density at radius 3 is 2.74 bits per heavy atom. The summed E-state index contributed by atoms with van der Waals surface area (Å²) < 4.78 is 23.2. The van der Waals surface area contributed by atoms with Crippen LogP contribution < -0.4 is 4.90 Å². The number of fused-ring (bicyclic) bond motifs is 2. The molecule has 216 valence electrons. The molecular formula is C33H30FN7O2. The quantitative estimate of drug-likeness (QED) is 0.321. The minimum atomic E-state index is -0.350. The molecule has 0 N–H and O–H groups in total. The Balaban J connectivity index is 1.16. The normalized spacial score (nSPS) is 21.3. The van der Waals surface area contributed by atoms with Crippen molar-refractivity contribution in [3.8, 4) is 28.6 Å². The fraction of sp³-hybridized carbons (Fsp3) is 0.364. The zero-order valence-electron chi connectivity index (χ0n) is 23.8. The fourth-order valence-corrected chi connectivity index (χ4v) is 6.91. The van der Waals surface area contributed by atoms with Crippen LogP contribution in [0.15, 0.2) is 48.8 Å². The molecule has 1 aliphatic carbocycles. The fourth-order valence-electron chi connectivity index (χ4n) is 6.91. The lowest BCUT2D eigenvalue weighted by Gasteiger charge is -2.22. The number of likely N-dealkylation sites (tertiary alicyclic amines) is 1. The summed E-state index contributed by atoms with van der Waals surface area (Å²) in [5.74, 6) is 0.866. The second-order valence-corrected chi connectivity index (χ2v) is 12.1. The number of hydrogen-bond donors (Lipinski definition) is 0. The van der Waals surface area contributed by atoms with Crippen molar-refractivity contribution in [1.29, 1.82) is 5.26 Å². The maximum absolute atomic E-state index is 15.6. The average molecular weight is 576 g/mol. The van der Waals surface area contributed by atoms with Gasteiger partial charge < -0.3 is 9.30 Å². The molecule has 1 unspecified atom stereocenters. The van der Waals surface area contributed by atoms with Crippen LogP contribution in [0.5, 0.6) is 0 Å². The van der Waals surface area contributed by atoms with E-state index < -0.39 is 0 Å². The van der Waals surface area contributed by atoms with Crippen molar-refractivity contribution in [2.75, 3.05) is 18.1 Å². The van der Waals surface area contributed by atoms with E-state index in [1.54, 1.807) is 23.4 Å². The number of aromatic nitrogens is 4. The van der Waals surface area contributed by atoms with Crippen molar-refractivity contribution in [3.63, 3.8) is 0 Å². The minimum Gasteiger partial charge on any atom is -0.376 e. The molecule has 0 bridgehead atoms. The molecule has 4 aromatic rings. The number of halogens is 1. The van der Waals surface area contributed by atoms with E-state index in [9.17, 15) is 10.1 Å². The molecule has 1 saturated carbocycles. The molecule has 9 nitrogen and oxygen atoms in total. The van der Waals surface area contributed by atoms with E-state index in [4.69, 9.17) is 9.72 Å². The molecule has 2 aromatic carbocycles. The summed E-state index contributed by atoms with van der Waals surface area (Å²) in [6.07, 6.45) is 5.95. The number of carbonyl (C=O) groups is 1. The van der Waals surface area contributed by atoms with Crippen molar-refractivity contribution < 1.29 is 13.9 Å².